The highest BCUT2D eigenvalue weighted by Crippen LogP contribution is 2.23. The third-order valence-electron chi connectivity index (χ3n) is 1.95. The lowest BCUT2D eigenvalue weighted by Crippen LogP contribution is -2.23. The molecule has 0 bridgehead atoms. The largest absolute Gasteiger partial charge is 0.478 e. The van der Waals surface area contributed by atoms with Crippen LogP contribution in [0.3, 0.4) is 0 Å². The van der Waals surface area contributed by atoms with Gasteiger partial charge in [0.25, 0.3) is 0 Å². The van der Waals surface area contributed by atoms with Crippen LogP contribution in [0.2, 0.25) is 0 Å². The predicted molar refractivity (Wildman–Crippen MR) is 62.7 cm³/mol. The number of benzene rings is 1. The molecule has 1 rings (SSSR count). The molecule has 1 aromatic rings. The number of aliphatic hydroxyl groups is 2. The van der Waals surface area contributed by atoms with Gasteiger partial charge in [0.05, 0.1) is 18.3 Å². The predicted octanol–water partition coefficient (Wildman–Crippen LogP) is 0.912. The van der Waals surface area contributed by atoms with Gasteiger partial charge in [-0.1, -0.05) is 0 Å². The van der Waals surface area contributed by atoms with Gasteiger partial charge in [-0.15, -0.1) is 0 Å². The van der Waals surface area contributed by atoms with E-state index in [1.165, 1.54) is 12.1 Å². The molecule has 0 aromatic heterocycles. The van der Waals surface area contributed by atoms with Gasteiger partial charge in [-0.05, 0) is 34.1 Å². The van der Waals surface area contributed by atoms with E-state index in [1.807, 2.05) is 0 Å². The minimum absolute atomic E-state index is 0.181. The number of halogens is 1. The van der Waals surface area contributed by atoms with Crippen LogP contribution in [0.15, 0.2) is 22.7 Å². The third kappa shape index (κ3) is 3.48. The smallest absolute Gasteiger partial charge is 0.335 e. The minimum atomic E-state index is -0.998. The number of carboxylic acid groups (broad SMARTS) is 1. The molecule has 4 N–H and O–H groups in total. The molecule has 0 aliphatic rings. The molecule has 0 amide bonds. The Kier molecular flexibility index (Phi) is 4.72. The van der Waals surface area contributed by atoms with E-state index in [1.54, 1.807) is 6.07 Å². The van der Waals surface area contributed by atoms with E-state index in [2.05, 4.69) is 21.2 Å². The second-order valence-corrected chi connectivity index (χ2v) is 4.07. The first-order chi connectivity index (χ1) is 7.54. The van der Waals surface area contributed by atoms with Crippen molar-refractivity contribution < 1.29 is 20.1 Å². The number of nitrogens with one attached hydrogen (secondary N) is 1. The van der Waals surface area contributed by atoms with Gasteiger partial charge in [-0.3, -0.25) is 0 Å². The molecule has 0 radical (unpaired) electrons. The summed E-state index contributed by atoms with van der Waals surface area (Å²) < 4.78 is 0.595. The molecular formula is C10H12BrNO4. The Labute approximate surface area is 101 Å². The van der Waals surface area contributed by atoms with Gasteiger partial charge in [0.1, 0.15) is 0 Å². The van der Waals surface area contributed by atoms with E-state index in [0.29, 0.717) is 10.2 Å². The van der Waals surface area contributed by atoms with Gasteiger partial charge in [0.2, 0.25) is 0 Å². The van der Waals surface area contributed by atoms with Crippen LogP contribution in [0.5, 0.6) is 0 Å². The minimum Gasteiger partial charge on any atom is -0.478 e. The summed E-state index contributed by atoms with van der Waals surface area (Å²) in [6, 6.07) is 4.52. The SMILES string of the molecule is O=C(O)c1ccc(NCC(O)CO)c(Br)c1. The summed E-state index contributed by atoms with van der Waals surface area (Å²) in [5.74, 6) is -0.998. The van der Waals surface area contributed by atoms with Crippen molar-refractivity contribution in [3.8, 4) is 0 Å². The molecule has 0 heterocycles. The number of aliphatic hydroxyl groups excluding tert-OH is 2. The first kappa shape index (κ1) is 13.0. The second kappa shape index (κ2) is 5.83. The molecule has 0 fully saturated rings. The standard InChI is InChI=1S/C10H12BrNO4/c11-8-3-6(10(15)16)1-2-9(8)12-4-7(14)5-13/h1-3,7,12-14H,4-5H2,(H,15,16). The summed E-state index contributed by atoms with van der Waals surface area (Å²) >= 11 is 3.22. The molecule has 0 aliphatic heterocycles. The van der Waals surface area contributed by atoms with E-state index in [0.717, 1.165) is 0 Å². The fourth-order valence-electron chi connectivity index (χ4n) is 1.08. The Bertz CT molecular complexity index is 383. The zero-order valence-corrected chi connectivity index (χ0v) is 9.94. The molecule has 5 nitrogen and oxygen atoms in total. The molecule has 1 aromatic carbocycles. The van der Waals surface area contributed by atoms with Crippen molar-refractivity contribution in [2.75, 3.05) is 18.5 Å². The molecule has 0 spiro atoms. The lowest BCUT2D eigenvalue weighted by Gasteiger charge is -2.11. The number of hydrogen-bond donors (Lipinski definition) is 4. The maximum absolute atomic E-state index is 10.7. The molecule has 0 aliphatic carbocycles. The van der Waals surface area contributed by atoms with Crippen molar-refractivity contribution in [1.82, 2.24) is 0 Å². The third-order valence-corrected chi connectivity index (χ3v) is 2.61. The molecule has 16 heavy (non-hydrogen) atoms. The van der Waals surface area contributed by atoms with Gasteiger partial charge in [-0.2, -0.15) is 0 Å². The van der Waals surface area contributed by atoms with Crippen LogP contribution in [-0.4, -0.2) is 40.5 Å². The Balaban J connectivity index is 2.72. The number of anilines is 1. The molecule has 0 saturated carbocycles. The lowest BCUT2D eigenvalue weighted by molar-refractivity contribution is 0.0697. The average molecular weight is 290 g/mol. The van der Waals surface area contributed by atoms with Gasteiger partial charge in [0.15, 0.2) is 0 Å². The molecular weight excluding hydrogens is 278 g/mol. The number of aromatic carboxylic acids is 1. The van der Waals surface area contributed by atoms with Crippen LogP contribution in [0.1, 0.15) is 10.4 Å². The normalized spacial score (nSPS) is 12.2. The van der Waals surface area contributed by atoms with E-state index in [9.17, 15) is 4.79 Å². The maximum atomic E-state index is 10.7. The van der Waals surface area contributed by atoms with Gasteiger partial charge in [-0.25, -0.2) is 4.79 Å². The molecule has 88 valence electrons. The van der Waals surface area contributed by atoms with Crippen LogP contribution in [0, 0.1) is 0 Å². The zero-order valence-electron chi connectivity index (χ0n) is 8.35. The zero-order chi connectivity index (χ0) is 12.1. The second-order valence-electron chi connectivity index (χ2n) is 3.22. The summed E-state index contributed by atoms with van der Waals surface area (Å²) in [6.45, 7) is -0.126. The van der Waals surface area contributed by atoms with Crippen LogP contribution >= 0.6 is 15.9 Å². The van der Waals surface area contributed by atoms with E-state index >= 15 is 0 Å². The fraction of sp³-hybridized carbons (Fsp3) is 0.300. The fourth-order valence-corrected chi connectivity index (χ4v) is 1.60. The van der Waals surface area contributed by atoms with Crippen molar-refractivity contribution in [1.29, 1.82) is 0 Å². The quantitative estimate of drug-likeness (QED) is 0.647. The Hall–Kier alpha value is -1.11. The highest BCUT2D eigenvalue weighted by atomic mass is 79.9. The average Bonchev–Trinajstić information content (AvgIpc) is 2.26. The van der Waals surface area contributed by atoms with Crippen molar-refractivity contribution in [3.05, 3.63) is 28.2 Å². The number of hydrogen-bond acceptors (Lipinski definition) is 4. The number of carboxylic acids is 1. The van der Waals surface area contributed by atoms with Gasteiger partial charge < -0.3 is 20.6 Å². The van der Waals surface area contributed by atoms with E-state index < -0.39 is 12.1 Å². The highest BCUT2D eigenvalue weighted by molar-refractivity contribution is 9.10. The van der Waals surface area contributed by atoms with Crippen molar-refractivity contribution in [2.45, 2.75) is 6.10 Å². The summed E-state index contributed by atoms with van der Waals surface area (Å²) in [7, 11) is 0. The molecule has 1 unspecified atom stereocenters. The monoisotopic (exact) mass is 289 g/mol. The van der Waals surface area contributed by atoms with E-state index in [4.69, 9.17) is 15.3 Å². The summed E-state index contributed by atoms with van der Waals surface area (Å²) in [5, 5.41) is 29.4. The molecule has 1 atom stereocenters. The van der Waals surface area contributed by atoms with Crippen LogP contribution in [0.4, 0.5) is 5.69 Å². The highest BCUT2D eigenvalue weighted by Gasteiger charge is 2.07. The lowest BCUT2D eigenvalue weighted by atomic mass is 10.2. The Morgan fingerprint density at radius 2 is 2.19 bits per heavy atom. The Morgan fingerprint density at radius 3 is 2.69 bits per heavy atom. The summed E-state index contributed by atoms with van der Waals surface area (Å²) in [5.41, 5.74) is 0.845. The van der Waals surface area contributed by atoms with Crippen molar-refractivity contribution >= 4 is 27.6 Å². The first-order valence-electron chi connectivity index (χ1n) is 4.60. The summed E-state index contributed by atoms with van der Waals surface area (Å²) in [4.78, 5) is 10.7. The van der Waals surface area contributed by atoms with E-state index in [-0.39, 0.29) is 18.7 Å². The van der Waals surface area contributed by atoms with Crippen molar-refractivity contribution in [3.63, 3.8) is 0 Å². The number of rotatable bonds is 5. The molecule has 0 saturated heterocycles. The maximum Gasteiger partial charge on any atom is 0.335 e. The molecule has 6 heteroatoms. The first-order valence-corrected chi connectivity index (χ1v) is 5.39. The van der Waals surface area contributed by atoms with Crippen LogP contribution in [0.25, 0.3) is 0 Å². The Morgan fingerprint density at radius 1 is 1.50 bits per heavy atom. The summed E-state index contributed by atoms with van der Waals surface area (Å²) in [6.07, 6.45) is -0.842. The van der Waals surface area contributed by atoms with Crippen LogP contribution < -0.4 is 5.32 Å². The van der Waals surface area contributed by atoms with Crippen LogP contribution in [-0.2, 0) is 0 Å². The van der Waals surface area contributed by atoms with Gasteiger partial charge >= 0.3 is 5.97 Å². The number of carbonyl (C=O) groups is 1. The topological polar surface area (TPSA) is 89.8 Å². The van der Waals surface area contributed by atoms with Crippen molar-refractivity contribution in [2.24, 2.45) is 0 Å². The van der Waals surface area contributed by atoms with Gasteiger partial charge in [0, 0.05) is 16.7 Å².